The standard InChI is InChI=1S/C21H20N4O2.2C2HF3O2/c1-14(2)27-18-11-16(20-24-19-4-3-7-23-21(19)25-20)10-17(12-18)26-13-15-5-8-22-9-6-15;2*3-2(4,5)1(6)7/h3-12,14H,13H2,1-2H3,(H,23,24,25);2*(H,6,7). The third-order valence-electron chi connectivity index (χ3n) is 4.42. The number of aromatic amines is 1. The van der Waals surface area contributed by atoms with E-state index in [1.807, 2.05) is 56.3 Å². The number of rotatable bonds is 6. The second-order valence-electron chi connectivity index (χ2n) is 8.07. The van der Waals surface area contributed by atoms with Crippen molar-refractivity contribution in [3.05, 3.63) is 66.6 Å². The first-order chi connectivity index (χ1) is 19.1. The lowest BCUT2D eigenvalue weighted by atomic mass is 10.2. The summed E-state index contributed by atoms with van der Waals surface area (Å²) in [5.41, 5.74) is 3.51. The highest BCUT2D eigenvalue weighted by atomic mass is 19.4. The minimum absolute atomic E-state index is 0.0608. The van der Waals surface area contributed by atoms with Gasteiger partial charge in [-0.2, -0.15) is 26.3 Å². The molecule has 0 unspecified atom stereocenters. The summed E-state index contributed by atoms with van der Waals surface area (Å²) in [6.45, 7) is 4.44. The zero-order chi connectivity index (χ0) is 30.8. The SMILES string of the molecule is CC(C)Oc1cc(OCc2ccncc2)cc(-c2nc3cccnc3[nH]2)c1.O=C(O)C(F)(F)F.O=C(O)C(F)(F)F. The van der Waals surface area contributed by atoms with E-state index >= 15 is 0 Å². The molecule has 0 saturated carbocycles. The first kappa shape index (κ1) is 32.3. The van der Waals surface area contributed by atoms with E-state index in [2.05, 4.69) is 19.9 Å². The van der Waals surface area contributed by atoms with Crippen LogP contribution in [0, 0.1) is 0 Å². The molecule has 0 bridgehead atoms. The van der Waals surface area contributed by atoms with E-state index in [1.165, 1.54) is 0 Å². The van der Waals surface area contributed by atoms with Gasteiger partial charge in [-0.15, -0.1) is 0 Å². The highest BCUT2D eigenvalue weighted by molar-refractivity contribution is 5.76. The lowest BCUT2D eigenvalue weighted by Crippen LogP contribution is -2.21. The Labute approximate surface area is 227 Å². The van der Waals surface area contributed by atoms with Crippen LogP contribution in [0.4, 0.5) is 26.3 Å². The Morgan fingerprint density at radius 3 is 1.98 bits per heavy atom. The molecule has 0 amide bonds. The number of pyridine rings is 2. The zero-order valence-corrected chi connectivity index (χ0v) is 21.2. The van der Waals surface area contributed by atoms with E-state index in [-0.39, 0.29) is 6.10 Å². The molecule has 4 aromatic rings. The van der Waals surface area contributed by atoms with Gasteiger partial charge in [0, 0.05) is 30.2 Å². The highest BCUT2D eigenvalue weighted by Gasteiger charge is 2.38. The molecule has 0 aliphatic carbocycles. The summed E-state index contributed by atoms with van der Waals surface area (Å²) in [4.78, 5) is 34.0. The Balaban J connectivity index is 0.000000349. The van der Waals surface area contributed by atoms with E-state index in [0.717, 1.165) is 33.9 Å². The molecule has 3 N–H and O–H groups in total. The molecule has 1 aromatic carbocycles. The molecule has 0 fully saturated rings. The third kappa shape index (κ3) is 11.0. The van der Waals surface area contributed by atoms with Crippen molar-refractivity contribution in [3.8, 4) is 22.9 Å². The number of carboxylic acid groups (broad SMARTS) is 2. The average molecular weight is 588 g/mol. The molecule has 41 heavy (non-hydrogen) atoms. The van der Waals surface area contributed by atoms with Crippen LogP contribution in [0.15, 0.2) is 61.1 Å². The minimum atomic E-state index is -5.08. The van der Waals surface area contributed by atoms with E-state index in [1.54, 1.807) is 18.6 Å². The number of benzene rings is 1. The van der Waals surface area contributed by atoms with Gasteiger partial charge in [0.25, 0.3) is 0 Å². The number of alkyl halides is 6. The minimum Gasteiger partial charge on any atom is -0.491 e. The first-order valence-corrected chi connectivity index (χ1v) is 11.3. The summed E-state index contributed by atoms with van der Waals surface area (Å²) in [7, 11) is 0. The Kier molecular flexibility index (Phi) is 11.0. The highest BCUT2D eigenvalue weighted by Crippen LogP contribution is 2.30. The van der Waals surface area contributed by atoms with E-state index in [4.69, 9.17) is 29.3 Å². The molecule has 4 rings (SSSR count). The number of H-pyrrole nitrogens is 1. The summed E-state index contributed by atoms with van der Waals surface area (Å²) < 4.78 is 75.4. The fourth-order valence-electron chi connectivity index (χ4n) is 2.76. The number of imidazole rings is 1. The van der Waals surface area contributed by atoms with Crippen molar-refractivity contribution in [1.82, 2.24) is 19.9 Å². The number of carboxylic acids is 2. The fourth-order valence-corrected chi connectivity index (χ4v) is 2.76. The number of carbonyl (C=O) groups is 2. The van der Waals surface area contributed by atoms with Crippen LogP contribution in [0.2, 0.25) is 0 Å². The van der Waals surface area contributed by atoms with Crippen LogP contribution < -0.4 is 9.47 Å². The fraction of sp³-hybridized carbons (Fsp3) is 0.240. The second-order valence-corrected chi connectivity index (χ2v) is 8.07. The summed E-state index contributed by atoms with van der Waals surface area (Å²) in [6, 6.07) is 13.5. The molecule has 0 aliphatic heterocycles. The van der Waals surface area contributed by atoms with Gasteiger partial charge in [0.15, 0.2) is 5.65 Å². The van der Waals surface area contributed by atoms with Crippen LogP contribution in [0.5, 0.6) is 11.5 Å². The maximum Gasteiger partial charge on any atom is 0.490 e. The maximum absolute atomic E-state index is 10.6. The Morgan fingerprint density at radius 2 is 1.46 bits per heavy atom. The summed E-state index contributed by atoms with van der Waals surface area (Å²) in [6.07, 6.45) is -4.86. The van der Waals surface area contributed by atoms with Crippen LogP contribution in [-0.4, -0.2) is 60.5 Å². The van der Waals surface area contributed by atoms with Crippen molar-refractivity contribution in [2.45, 2.75) is 38.9 Å². The molecule has 10 nitrogen and oxygen atoms in total. The normalized spacial score (nSPS) is 11.1. The Morgan fingerprint density at radius 1 is 0.902 bits per heavy atom. The van der Waals surface area contributed by atoms with Crippen molar-refractivity contribution < 1.29 is 55.6 Å². The average Bonchev–Trinajstić information content (AvgIpc) is 3.32. The monoisotopic (exact) mass is 588 g/mol. The largest absolute Gasteiger partial charge is 0.491 e. The predicted octanol–water partition coefficient (Wildman–Crippen LogP) is 5.65. The Hall–Kier alpha value is -4.89. The lowest BCUT2D eigenvalue weighted by Gasteiger charge is -2.13. The first-order valence-electron chi connectivity index (χ1n) is 11.3. The molecular formula is C25H22F6N4O6. The third-order valence-corrected chi connectivity index (χ3v) is 4.42. The number of nitrogens with zero attached hydrogens (tertiary/aromatic N) is 3. The summed E-state index contributed by atoms with van der Waals surface area (Å²) in [5.74, 6) is -3.33. The van der Waals surface area contributed by atoms with Gasteiger partial charge < -0.3 is 24.7 Å². The molecule has 0 atom stereocenters. The second kappa shape index (κ2) is 14.0. The quantitative estimate of drug-likeness (QED) is 0.243. The van der Waals surface area contributed by atoms with Gasteiger partial charge in [-0.25, -0.2) is 19.6 Å². The van der Waals surface area contributed by atoms with Crippen molar-refractivity contribution in [3.63, 3.8) is 0 Å². The molecular weight excluding hydrogens is 566 g/mol. The van der Waals surface area contributed by atoms with Gasteiger partial charge >= 0.3 is 24.3 Å². The number of aromatic nitrogens is 4. The number of fused-ring (bicyclic) bond motifs is 1. The molecule has 0 saturated heterocycles. The van der Waals surface area contributed by atoms with E-state index in [9.17, 15) is 26.3 Å². The number of hydrogen-bond acceptors (Lipinski definition) is 7. The number of halogens is 6. The summed E-state index contributed by atoms with van der Waals surface area (Å²) >= 11 is 0. The van der Waals surface area contributed by atoms with Crippen molar-refractivity contribution in [2.24, 2.45) is 0 Å². The van der Waals surface area contributed by atoms with Gasteiger partial charge in [-0.3, -0.25) is 4.98 Å². The lowest BCUT2D eigenvalue weighted by molar-refractivity contribution is -0.193. The molecule has 0 radical (unpaired) electrons. The number of hydrogen-bond donors (Lipinski definition) is 3. The van der Waals surface area contributed by atoms with Crippen LogP contribution in [0.1, 0.15) is 19.4 Å². The van der Waals surface area contributed by atoms with Crippen LogP contribution in [-0.2, 0) is 16.2 Å². The van der Waals surface area contributed by atoms with Gasteiger partial charge in [0.05, 0.1) is 6.10 Å². The molecule has 220 valence electrons. The van der Waals surface area contributed by atoms with Gasteiger partial charge in [0.2, 0.25) is 0 Å². The molecule has 0 spiro atoms. The number of nitrogens with one attached hydrogen (secondary N) is 1. The molecule has 3 aromatic heterocycles. The molecule has 3 heterocycles. The van der Waals surface area contributed by atoms with Crippen molar-refractivity contribution in [1.29, 1.82) is 0 Å². The summed E-state index contributed by atoms with van der Waals surface area (Å²) in [5, 5.41) is 14.2. The number of ether oxygens (including phenoxy) is 2. The zero-order valence-electron chi connectivity index (χ0n) is 21.2. The van der Waals surface area contributed by atoms with E-state index in [0.29, 0.717) is 12.4 Å². The van der Waals surface area contributed by atoms with Gasteiger partial charge in [-0.1, -0.05) is 0 Å². The molecule has 0 aliphatic rings. The van der Waals surface area contributed by atoms with Gasteiger partial charge in [0.1, 0.15) is 29.4 Å². The Bertz CT molecular complexity index is 1390. The molecule has 16 heteroatoms. The van der Waals surface area contributed by atoms with Crippen LogP contribution in [0.25, 0.3) is 22.6 Å². The maximum atomic E-state index is 10.6. The smallest absolute Gasteiger partial charge is 0.490 e. The van der Waals surface area contributed by atoms with Crippen LogP contribution >= 0.6 is 0 Å². The topological polar surface area (TPSA) is 148 Å². The predicted molar refractivity (Wildman–Crippen MR) is 131 cm³/mol. The van der Waals surface area contributed by atoms with Gasteiger partial charge in [-0.05, 0) is 55.8 Å². The van der Waals surface area contributed by atoms with Crippen molar-refractivity contribution in [2.75, 3.05) is 0 Å². The van der Waals surface area contributed by atoms with Crippen molar-refractivity contribution >= 4 is 23.1 Å². The number of aliphatic carboxylic acids is 2. The van der Waals surface area contributed by atoms with E-state index < -0.39 is 24.3 Å². The van der Waals surface area contributed by atoms with Crippen LogP contribution in [0.3, 0.4) is 0 Å².